The maximum absolute atomic E-state index is 11.8. The van der Waals surface area contributed by atoms with Gasteiger partial charge in [-0.1, -0.05) is 5.16 Å². The highest BCUT2D eigenvalue weighted by atomic mass is 19.4. The van der Waals surface area contributed by atoms with Crippen LogP contribution >= 0.6 is 0 Å². The molecule has 0 amide bonds. The van der Waals surface area contributed by atoms with Crippen molar-refractivity contribution in [2.75, 3.05) is 13.1 Å². The van der Waals surface area contributed by atoms with E-state index in [4.69, 9.17) is 16.0 Å². The number of rotatable bonds is 6. The van der Waals surface area contributed by atoms with Crippen LogP contribution in [0.15, 0.2) is 5.16 Å². The highest BCUT2D eigenvalue weighted by Crippen LogP contribution is 2.18. The third-order valence-electron chi connectivity index (χ3n) is 1.63. The Morgan fingerprint density at radius 2 is 2.07 bits per heavy atom. The molecule has 1 atom stereocenters. The zero-order valence-electron chi connectivity index (χ0n) is 7.96. The van der Waals surface area contributed by atoms with Crippen LogP contribution in [0, 0.1) is 0 Å². The Labute approximate surface area is 84.8 Å². The Morgan fingerprint density at radius 1 is 1.47 bits per heavy atom. The summed E-state index contributed by atoms with van der Waals surface area (Å²) in [5.41, 5.74) is 5.13. The number of aliphatic hydroxyl groups is 1. The minimum absolute atomic E-state index is 0.0215. The molecule has 0 saturated carbocycles. The van der Waals surface area contributed by atoms with E-state index in [2.05, 4.69) is 10.5 Å². The van der Waals surface area contributed by atoms with Gasteiger partial charge in [-0.05, 0) is 13.0 Å². The van der Waals surface area contributed by atoms with E-state index < -0.39 is 18.8 Å². The van der Waals surface area contributed by atoms with Crippen LogP contribution in [0.1, 0.15) is 12.8 Å². The Balaban J connectivity index is 3.47. The second-order valence-corrected chi connectivity index (χ2v) is 2.96. The van der Waals surface area contributed by atoms with Crippen molar-refractivity contribution in [3.05, 3.63) is 0 Å². The van der Waals surface area contributed by atoms with Gasteiger partial charge in [0.25, 0.3) is 0 Å². The number of nitrogens with two attached hydrogens (primary N) is 1. The molecule has 5 nitrogen and oxygen atoms in total. The van der Waals surface area contributed by atoms with Gasteiger partial charge in [0.1, 0.15) is 5.84 Å². The van der Waals surface area contributed by atoms with Crippen molar-refractivity contribution in [3.8, 4) is 0 Å². The maximum Gasteiger partial charge on any atom is 0.415 e. The van der Waals surface area contributed by atoms with E-state index in [-0.39, 0.29) is 18.8 Å². The van der Waals surface area contributed by atoms with Gasteiger partial charge in [-0.25, -0.2) is 0 Å². The topological polar surface area (TPSA) is 90.9 Å². The van der Waals surface area contributed by atoms with E-state index in [9.17, 15) is 13.2 Å². The Kier molecular flexibility index (Phi) is 6.02. The van der Waals surface area contributed by atoms with E-state index in [1.807, 2.05) is 0 Å². The van der Waals surface area contributed by atoms with Gasteiger partial charge in [-0.15, -0.1) is 0 Å². The summed E-state index contributed by atoms with van der Waals surface area (Å²) in [6.07, 6.45) is -6.24. The van der Waals surface area contributed by atoms with Crippen LogP contribution in [0.3, 0.4) is 0 Å². The van der Waals surface area contributed by atoms with Gasteiger partial charge in [0, 0.05) is 13.0 Å². The quantitative estimate of drug-likeness (QED) is 0.170. The average molecular weight is 229 g/mol. The largest absolute Gasteiger partial charge is 0.415 e. The van der Waals surface area contributed by atoms with Gasteiger partial charge >= 0.3 is 6.18 Å². The van der Waals surface area contributed by atoms with Gasteiger partial charge in [0.2, 0.25) is 0 Å². The molecule has 0 fully saturated rings. The summed E-state index contributed by atoms with van der Waals surface area (Å²) in [6, 6.07) is 0. The van der Waals surface area contributed by atoms with Crippen molar-refractivity contribution >= 4 is 5.84 Å². The van der Waals surface area contributed by atoms with Crippen LogP contribution in [-0.2, 0) is 0 Å². The molecule has 0 aromatic heterocycles. The molecule has 5 N–H and O–H groups in total. The van der Waals surface area contributed by atoms with Crippen LogP contribution in [-0.4, -0.2) is 41.5 Å². The van der Waals surface area contributed by atoms with E-state index >= 15 is 0 Å². The van der Waals surface area contributed by atoms with Crippen LogP contribution in [0.25, 0.3) is 0 Å². The first-order valence-corrected chi connectivity index (χ1v) is 4.30. The predicted molar refractivity (Wildman–Crippen MR) is 47.6 cm³/mol. The second-order valence-electron chi connectivity index (χ2n) is 2.96. The average Bonchev–Trinajstić information content (AvgIpc) is 2.15. The molecule has 0 aromatic rings. The lowest BCUT2D eigenvalue weighted by Gasteiger charge is -2.14. The number of oxime groups is 1. The number of halogens is 3. The van der Waals surface area contributed by atoms with Crippen molar-refractivity contribution in [1.82, 2.24) is 5.32 Å². The van der Waals surface area contributed by atoms with Gasteiger partial charge in [0.15, 0.2) is 6.10 Å². The van der Waals surface area contributed by atoms with Crippen molar-refractivity contribution in [3.63, 3.8) is 0 Å². The fraction of sp³-hybridized carbons (Fsp3) is 0.857. The lowest BCUT2D eigenvalue weighted by Crippen LogP contribution is -2.38. The maximum atomic E-state index is 11.8. The molecule has 0 saturated heterocycles. The van der Waals surface area contributed by atoms with Crippen LogP contribution in [0.2, 0.25) is 0 Å². The monoisotopic (exact) mass is 229 g/mol. The molecule has 0 spiro atoms. The van der Waals surface area contributed by atoms with E-state index in [1.54, 1.807) is 0 Å². The van der Waals surface area contributed by atoms with Crippen molar-refractivity contribution in [1.29, 1.82) is 0 Å². The Hall–Kier alpha value is -1.02. The van der Waals surface area contributed by atoms with Crippen LogP contribution in [0.4, 0.5) is 13.2 Å². The molecule has 0 rings (SSSR count). The normalized spacial score (nSPS) is 15.3. The van der Waals surface area contributed by atoms with Gasteiger partial charge in [-0.2, -0.15) is 13.2 Å². The zero-order chi connectivity index (χ0) is 11.9. The molecule has 0 heterocycles. The molecule has 90 valence electrons. The van der Waals surface area contributed by atoms with E-state index in [0.717, 1.165) is 0 Å². The molecule has 0 aliphatic carbocycles. The summed E-state index contributed by atoms with van der Waals surface area (Å²) in [7, 11) is 0. The number of aliphatic hydroxyl groups excluding tert-OH is 1. The lowest BCUT2D eigenvalue weighted by atomic mass is 10.3. The van der Waals surface area contributed by atoms with Crippen molar-refractivity contribution < 1.29 is 23.5 Å². The summed E-state index contributed by atoms with van der Waals surface area (Å²) in [6.45, 7) is -0.303. The zero-order valence-corrected chi connectivity index (χ0v) is 7.96. The standard InChI is InChI=1S/C7H14F3N3O2/c8-7(9,10)5(14)4-12-3-1-2-6(11)13-15/h5,12,14-15H,1-4H2,(H2,11,13). The summed E-state index contributed by atoms with van der Waals surface area (Å²) in [4.78, 5) is 0. The van der Waals surface area contributed by atoms with Gasteiger partial charge in [0.05, 0.1) is 0 Å². The fourth-order valence-electron chi connectivity index (χ4n) is 0.799. The first-order valence-electron chi connectivity index (χ1n) is 4.30. The molecule has 0 radical (unpaired) electrons. The second kappa shape index (κ2) is 6.46. The van der Waals surface area contributed by atoms with E-state index in [1.165, 1.54) is 0 Å². The molecule has 8 heteroatoms. The van der Waals surface area contributed by atoms with Crippen molar-refractivity contribution in [2.45, 2.75) is 25.1 Å². The van der Waals surface area contributed by atoms with Gasteiger partial charge in [-0.3, -0.25) is 0 Å². The summed E-state index contributed by atoms with van der Waals surface area (Å²) in [5, 5.41) is 21.8. The predicted octanol–water partition coefficient (Wildman–Crippen LogP) is 0.0258. The smallest absolute Gasteiger partial charge is 0.409 e. The first kappa shape index (κ1) is 14.0. The molecule has 0 aliphatic heterocycles. The minimum atomic E-state index is -4.60. The van der Waals surface area contributed by atoms with Crippen molar-refractivity contribution in [2.24, 2.45) is 10.9 Å². The highest BCUT2D eigenvalue weighted by molar-refractivity contribution is 5.79. The molecular formula is C7H14F3N3O2. The molecular weight excluding hydrogens is 215 g/mol. The first-order chi connectivity index (χ1) is 6.88. The third-order valence-corrected chi connectivity index (χ3v) is 1.63. The molecule has 0 aliphatic rings. The third kappa shape index (κ3) is 6.97. The van der Waals surface area contributed by atoms with Crippen LogP contribution < -0.4 is 11.1 Å². The summed E-state index contributed by atoms with van der Waals surface area (Å²) >= 11 is 0. The number of hydrogen-bond acceptors (Lipinski definition) is 4. The fourth-order valence-corrected chi connectivity index (χ4v) is 0.799. The van der Waals surface area contributed by atoms with Crippen LogP contribution in [0.5, 0.6) is 0 Å². The lowest BCUT2D eigenvalue weighted by molar-refractivity contribution is -0.201. The Bertz CT molecular complexity index is 208. The number of nitrogens with one attached hydrogen (secondary N) is 1. The molecule has 15 heavy (non-hydrogen) atoms. The number of nitrogens with zero attached hydrogens (tertiary/aromatic N) is 1. The highest BCUT2D eigenvalue weighted by Gasteiger charge is 2.37. The SMILES string of the molecule is NC(CCCNCC(O)C(F)(F)F)=NO. The summed E-state index contributed by atoms with van der Waals surface area (Å²) in [5.74, 6) is 0.0215. The molecule has 0 bridgehead atoms. The molecule has 1 unspecified atom stereocenters. The minimum Gasteiger partial charge on any atom is -0.409 e. The summed E-state index contributed by atoms with van der Waals surface area (Å²) < 4.78 is 35.3. The van der Waals surface area contributed by atoms with Gasteiger partial charge < -0.3 is 21.4 Å². The number of hydrogen-bond donors (Lipinski definition) is 4. The number of amidine groups is 1. The molecule has 0 aromatic carbocycles. The Morgan fingerprint density at radius 3 is 2.53 bits per heavy atom. The number of alkyl halides is 3. The van der Waals surface area contributed by atoms with E-state index in [0.29, 0.717) is 6.42 Å².